The molecular formula is C36H27F2N2O2P. The second kappa shape index (κ2) is 10.2. The topological polar surface area (TPSA) is 43.6 Å². The summed E-state index contributed by atoms with van der Waals surface area (Å²) in [7, 11) is -2.05. The van der Waals surface area contributed by atoms with Gasteiger partial charge in [-0.2, -0.15) is 0 Å². The van der Waals surface area contributed by atoms with E-state index >= 15 is 4.57 Å². The molecule has 0 aliphatic rings. The first-order valence-electron chi connectivity index (χ1n) is 13.9. The number of ether oxygens (including phenoxy) is 1. The van der Waals surface area contributed by atoms with Crippen LogP contribution in [-0.4, -0.2) is 16.5 Å². The SMILES string of the molecule is COc1ccc2nc(-c3c(P(=O)(c4ccc(F)cc4)c4ccc(F)cc4)ccc4ccccc34)c3c(C)cc(C)n3c2c1. The number of benzene rings is 5. The van der Waals surface area contributed by atoms with Gasteiger partial charge in [0.25, 0.3) is 0 Å². The zero-order valence-corrected chi connectivity index (χ0v) is 24.7. The van der Waals surface area contributed by atoms with Crippen molar-refractivity contribution in [3.63, 3.8) is 0 Å². The van der Waals surface area contributed by atoms with Gasteiger partial charge in [0.15, 0.2) is 7.14 Å². The smallest absolute Gasteiger partial charge is 0.171 e. The standard InChI is InChI=1S/C36H27F2N2O2P/c1-22-20-23(2)40-32-21-27(42-3)13-18-31(32)39-35(36(22)40)34-30-7-5-4-6-24(30)8-19-33(34)43(41,28-14-9-25(37)10-15-28)29-16-11-26(38)12-17-29/h4-21H,1-3H3. The van der Waals surface area contributed by atoms with Crippen LogP contribution >= 0.6 is 7.14 Å². The highest BCUT2D eigenvalue weighted by Gasteiger charge is 2.34. The molecule has 4 nitrogen and oxygen atoms in total. The molecule has 0 amide bonds. The highest BCUT2D eigenvalue weighted by Crippen LogP contribution is 2.48. The minimum Gasteiger partial charge on any atom is -0.497 e. The molecule has 0 bridgehead atoms. The summed E-state index contributed by atoms with van der Waals surface area (Å²) in [6.45, 7) is 4.10. The summed E-state index contributed by atoms with van der Waals surface area (Å²) >= 11 is 0. The van der Waals surface area contributed by atoms with Crippen molar-refractivity contribution < 1.29 is 18.1 Å². The summed E-state index contributed by atoms with van der Waals surface area (Å²) in [6, 6.07) is 31.1. The summed E-state index contributed by atoms with van der Waals surface area (Å²) in [5, 5.41) is 3.28. The number of aryl methyl sites for hydroxylation is 2. The van der Waals surface area contributed by atoms with Crippen LogP contribution in [-0.2, 0) is 4.57 Å². The van der Waals surface area contributed by atoms with Crippen LogP contribution in [0, 0.1) is 25.5 Å². The second-order valence-electron chi connectivity index (χ2n) is 10.7. The predicted octanol–water partition coefficient (Wildman–Crippen LogP) is 7.85. The Morgan fingerprint density at radius 2 is 1.42 bits per heavy atom. The summed E-state index contributed by atoms with van der Waals surface area (Å²) in [5.74, 6) is -0.140. The molecule has 7 aromatic rings. The van der Waals surface area contributed by atoms with E-state index in [4.69, 9.17) is 9.72 Å². The predicted molar refractivity (Wildman–Crippen MR) is 171 cm³/mol. The Kier molecular flexibility index (Phi) is 6.41. The average molecular weight is 589 g/mol. The molecule has 5 aromatic carbocycles. The Bertz CT molecular complexity index is 2190. The fourth-order valence-corrected chi connectivity index (χ4v) is 8.97. The van der Waals surface area contributed by atoms with E-state index in [2.05, 4.69) is 17.4 Å². The van der Waals surface area contributed by atoms with E-state index < -0.39 is 18.8 Å². The Balaban J connectivity index is 1.67. The van der Waals surface area contributed by atoms with Crippen LogP contribution < -0.4 is 20.7 Å². The average Bonchev–Trinajstić information content (AvgIpc) is 3.33. The first-order valence-corrected chi connectivity index (χ1v) is 15.6. The van der Waals surface area contributed by atoms with Crippen molar-refractivity contribution >= 4 is 50.4 Å². The molecule has 7 heteroatoms. The summed E-state index contributed by atoms with van der Waals surface area (Å²) < 4.78 is 51.8. The molecule has 2 aromatic heterocycles. The molecule has 0 radical (unpaired) electrons. The van der Waals surface area contributed by atoms with Crippen molar-refractivity contribution in [3.8, 4) is 17.0 Å². The van der Waals surface area contributed by atoms with E-state index in [9.17, 15) is 8.78 Å². The van der Waals surface area contributed by atoms with Crippen molar-refractivity contribution in [2.75, 3.05) is 7.11 Å². The Morgan fingerprint density at radius 1 is 0.767 bits per heavy atom. The number of fused-ring (bicyclic) bond motifs is 4. The Hall–Kier alpha value is -4.80. The normalized spacial score (nSPS) is 11.9. The molecule has 212 valence electrons. The molecular weight excluding hydrogens is 561 g/mol. The van der Waals surface area contributed by atoms with Crippen LogP contribution in [0.25, 0.3) is 38.6 Å². The van der Waals surface area contributed by atoms with Crippen molar-refractivity contribution in [1.82, 2.24) is 9.38 Å². The lowest BCUT2D eigenvalue weighted by molar-refractivity contribution is 0.415. The monoisotopic (exact) mass is 588 g/mol. The van der Waals surface area contributed by atoms with Crippen LogP contribution in [0.2, 0.25) is 0 Å². The van der Waals surface area contributed by atoms with Gasteiger partial charge in [-0.05, 0) is 103 Å². The van der Waals surface area contributed by atoms with Crippen LogP contribution in [0.5, 0.6) is 5.75 Å². The number of methoxy groups -OCH3 is 1. The van der Waals surface area contributed by atoms with Crippen molar-refractivity contribution in [2.45, 2.75) is 13.8 Å². The molecule has 7 rings (SSSR count). The fourth-order valence-electron chi connectivity index (χ4n) is 6.15. The third kappa shape index (κ3) is 4.25. The maximum absolute atomic E-state index is 15.8. The molecule has 43 heavy (non-hydrogen) atoms. The number of nitrogens with zero attached hydrogens (tertiary/aromatic N) is 2. The van der Waals surface area contributed by atoms with E-state index in [-0.39, 0.29) is 0 Å². The van der Waals surface area contributed by atoms with Gasteiger partial charge >= 0.3 is 0 Å². The molecule has 0 aliphatic carbocycles. The quantitative estimate of drug-likeness (QED) is 0.192. The van der Waals surface area contributed by atoms with Crippen LogP contribution in [0.15, 0.2) is 109 Å². The first kappa shape index (κ1) is 27.1. The maximum Gasteiger partial charge on any atom is 0.171 e. The van der Waals surface area contributed by atoms with E-state index in [0.29, 0.717) is 21.6 Å². The van der Waals surface area contributed by atoms with Crippen molar-refractivity contribution in [2.24, 2.45) is 0 Å². The van der Waals surface area contributed by atoms with Gasteiger partial charge in [-0.1, -0.05) is 30.3 Å². The van der Waals surface area contributed by atoms with E-state index in [1.807, 2.05) is 61.5 Å². The van der Waals surface area contributed by atoms with E-state index in [1.54, 1.807) is 31.4 Å². The van der Waals surface area contributed by atoms with Gasteiger partial charge in [-0.15, -0.1) is 0 Å². The number of halogens is 2. The molecule has 0 spiro atoms. The Labute approximate surface area is 247 Å². The highest BCUT2D eigenvalue weighted by molar-refractivity contribution is 7.85. The van der Waals surface area contributed by atoms with Crippen LogP contribution in [0.3, 0.4) is 0 Å². The van der Waals surface area contributed by atoms with Gasteiger partial charge in [0.1, 0.15) is 17.4 Å². The van der Waals surface area contributed by atoms with Gasteiger partial charge in [0.2, 0.25) is 0 Å². The number of hydrogen-bond donors (Lipinski definition) is 0. The molecule has 0 saturated heterocycles. The Morgan fingerprint density at radius 3 is 2.07 bits per heavy atom. The van der Waals surface area contributed by atoms with Gasteiger partial charge in [0.05, 0.1) is 29.4 Å². The van der Waals surface area contributed by atoms with E-state index in [0.717, 1.165) is 49.9 Å². The van der Waals surface area contributed by atoms with Crippen molar-refractivity contribution in [3.05, 3.63) is 132 Å². The van der Waals surface area contributed by atoms with Crippen LogP contribution in [0.1, 0.15) is 11.3 Å². The third-order valence-electron chi connectivity index (χ3n) is 8.12. The summed E-state index contributed by atoms with van der Waals surface area (Å²) in [6.07, 6.45) is 0. The highest BCUT2D eigenvalue weighted by atomic mass is 31.2. The van der Waals surface area contributed by atoms with Gasteiger partial charge in [-0.3, -0.25) is 0 Å². The largest absolute Gasteiger partial charge is 0.497 e. The first-order chi connectivity index (χ1) is 20.8. The van der Waals surface area contributed by atoms with Crippen LogP contribution in [0.4, 0.5) is 8.78 Å². The van der Waals surface area contributed by atoms with Crippen molar-refractivity contribution in [1.29, 1.82) is 0 Å². The molecule has 0 N–H and O–H groups in total. The van der Waals surface area contributed by atoms with Gasteiger partial charge in [0, 0.05) is 33.2 Å². The fraction of sp³-hybridized carbons (Fsp3) is 0.0833. The lowest BCUT2D eigenvalue weighted by Crippen LogP contribution is -2.27. The lowest BCUT2D eigenvalue weighted by Gasteiger charge is -2.24. The zero-order valence-electron chi connectivity index (χ0n) is 23.8. The summed E-state index contributed by atoms with van der Waals surface area (Å²) in [5.41, 5.74) is 5.97. The number of rotatable bonds is 5. The van der Waals surface area contributed by atoms with Gasteiger partial charge in [-0.25, -0.2) is 13.8 Å². The zero-order chi connectivity index (χ0) is 29.9. The molecule has 0 unspecified atom stereocenters. The van der Waals surface area contributed by atoms with Gasteiger partial charge < -0.3 is 13.7 Å². The lowest BCUT2D eigenvalue weighted by atomic mass is 10.00. The molecule has 0 saturated carbocycles. The molecule has 0 fully saturated rings. The number of aromatic nitrogens is 2. The molecule has 0 atom stereocenters. The molecule has 2 heterocycles. The van der Waals surface area contributed by atoms with E-state index in [1.165, 1.54) is 24.3 Å². The third-order valence-corrected chi connectivity index (χ3v) is 11.2. The number of hydrogen-bond acceptors (Lipinski definition) is 3. The maximum atomic E-state index is 15.8. The second-order valence-corrected chi connectivity index (χ2v) is 13.4. The minimum absolute atomic E-state index is 0.430. The molecule has 0 aliphatic heterocycles. The summed E-state index contributed by atoms with van der Waals surface area (Å²) in [4.78, 5) is 5.25. The minimum atomic E-state index is -3.69.